The molecule has 0 unspecified atom stereocenters. The van der Waals surface area contributed by atoms with Gasteiger partial charge in [-0.15, -0.1) is 0 Å². The van der Waals surface area contributed by atoms with Crippen LogP contribution in [0.4, 0.5) is 0 Å². The number of alkyl halides is 3. The Bertz CT molecular complexity index is 219. The predicted molar refractivity (Wildman–Crippen MR) is 56.9 cm³/mol. The molecule has 1 fully saturated rings. The number of morpholine rings is 1. The van der Waals surface area contributed by atoms with Crippen LogP contribution in [0.15, 0.2) is 0 Å². The number of hydrogen-bond donors (Lipinski definition) is 0. The number of carbonyl (C=O) groups excluding carboxylic acids is 1. The van der Waals surface area contributed by atoms with Crippen LogP contribution >= 0.6 is 34.8 Å². The molecular weight excluding hydrogens is 248 g/mol. The molecular formula is C8H12Cl3NO2. The fourth-order valence-electron chi connectivity index (χ4n) is 1.52. The zero-order valence-electron chi connectivity index (χ0n) is 7.97. The lowest BCUT2D eigenvalue weighted by atomic mass is 10.2. The minimum atomic E-state index is -1.86. The first-order chi connectivity index (χ1) is 6.30. The van der Waals surface area contributed by atoms with E-state index in [1.165, 1.54) is 4.90 Å². The molecule has 1 amide bonds. The normalized spacial score (nSPS) is 29.1. The third-order valence-corrected chi connectivity index (χ3v) is 2.43. The summed E-state index contributed by atoms with van der Waals surface area (Å²) in [6, 6.07) is 0. The maximum Gasteiger partial charge on any atom is 0.274 e. The van der Waals surface area contributed by atoms with E-state index in [9.17, 15) is 4.79 Å². The average molecular weight is 261 g/mol. The van der Waals surface area contributed by atoms with E-state index in [2.05, 4.69) is 0 Å². The molecule has 82 valence electrons. The van der Waals surface area contributed by atoms with Gasteiger partial charge in [-0.05, 0) is 13.8 Å². The minimum absolute atomic E-state index is 0.0185. The molecule has 2 atom stereocenters. The van der Waals surface area contributed by atoms with Gasteiger partial charge >= 0.3 is 0 Å². The van der Waals surface area contributed by atoms with Crippen molar-refractivity contribution in [3.63, 3.8) is 0 Å². The molecule has 0 spiro atoms. The van der Waals surface area contributed by atoms with Gasteiger partial charge in [0.25, 0.3) is 9.70 Å². The van der Waals surface area contributed by atoms with Crippen molar-refractivity contribution in [1.29, 1.82) is 0 Å². The highest BCUT2D eigenvalue weighted by Crippen LogP contribution is 2.29. The molecule has 1 saturated heterocycles. The van der Waals surface area contributed by atoms with Crippen LogP contribution in [0, 0.1) is 0 Å². The number of hydrogen-bond acceptors (Lipinski definition) is 2. The van der Waals surface area contributed by atoms with Gasteiger partial charge < -0.3 is 9.64 Å². The van der Waals surface area contributed by atoms with Crippen LogP contribution in [0.25, 0.3) is 0 Å². The van der Waals surface area contributed by atoms with Crippen LogP contribution in [0.2, 0.25) is 0 Å². The molecule has 0 aromatic heterocycles. The Balaban J connectivity index is 2.64. The summed E-state index contributed by atoms with van der Waals surface area (Å²) in [6.45, 7) is 4.71. The highest BCUT2D eigenvalue weighted by molar-refractivity contribution is 6.76. The summed E-state index contributed by atoms with van der Waals surface area (Å²) in [5, 5.41) is 0. The monoisotopic (exact) mass is 259 g/mol. The van der Waals surface area contributed by atoms with Crippen LogP contribution in [0.3, 0.4) is 0 Å². The minimum Gasteiger partial charge on any atom is -0.372 e. The molecule has 0 aromatic rings. The van der Waals surface area contributed by atoms with Gasteiger partial charge in [-0.2, -0.15) is 0 Å². The smallest absolute Gasteiger partial charge is 0.274 e. The lowest BCUT2D eigenvalue weighted by Crippen LogP contribution is -2.51. The summed E-state index contributed by atoms with van der Waals surface area (Å²) in [6.07, 6.45) is -0.0369. The van der Waals surface area contributed by atoms with E-state index < -0.39 is 9.70 Å². The first kappa shape index (κ1) is 12.4. The fraction of sp³-hybridized carbons (Fsp3) is 0.875. The molecule has 0 bridgehead atoms. The van der Waals surface area contributed by atoms with Gasteiger partial charge in [-0.25, -0.2) is 0 Å². The van der Waals surface area contributed by atoms with Crippen molar-refractivity contribution in [3.05, 3.63) is 0 Å². The molecule has 1 aliphatic rings. The Morgan fingerprint density at radius 1 is 1.29 bits per heavy atom. The number of ether oxygens (including phenoxy) is 1. The Morgan fingerprint density at radius 3 is 2.07 bits per heavy atom. The van der Waals surface area contributed by atoms with Gasteiger partial charge in [0.15, 0.2) is 0 Å². The molecule has 1 aliphatic heterocycles. The van der Waals surface area contributed by atoms with Crippen LogP contribution < -0.4 is 0 Å². The second kappa shape index (κ2) is 4.44. The number of amides is 1. The quantitative estimate of drug-likeness (QED) is 0.624. The van der Waals surface area contributed by atoms with Gasteiger partial charge in [0.05, 0.1) is 12.2 Å². The van der Waals surface area contributed by atoms with Gasteiger partial charge in [0, 0.05) is 13.1 Å². The Hall–Kier alpha value is 0.300. The van der Waals surface area contributed by atoms with Crippen molar-refractivity contribution < 1.29 is 9.53 Å². The maximum atomic E-state index is 11.6. The van der Waals surface area contributed by atoms with Crippen molar-refractivity contribution in [1.82, 2.24) is 4.90 Å². The van der Waals surface area contributed by atoms with Crippen LogP contribution in [-0.4, -0.2) is 39.9 Å². The van der Waals surface area contributed by atoms with Crippen molar-refractivity contribution in [3.8, 4) is 0 Å². The molecule has 3 nitrogen and oxygen atoms in total. The lowest BCUT2D eigenvalue weighted by Gasteiger charge is -2.36. The van der Waals surface area contributed by atoms with Crippen LogP contribution in [0.1, 0.15) is 13.8 Å². The zero-order valence-corrected chi connectivity index (χ0v) is 10.2. The van der Waals surface area contributed by atoms with E-state index in [1.54, 1.807) is 0 Å². The maximum absolute atomic E-state index is 11.6. The van der Waals surface area contributed by atoms with E-state index in [-0.39, 0.29) is 12.2 Å². The topological polar surface area (TPSA) is 29.5 Å². The van der Waals surface area contributed by atoms with E-state index >= 15 is 0 Å². The number of carbonyl (C=O) groups is 1. The first-order valence-corrected chi connectivity index (χ1v) is 5.45. The standard InChI is InChI=1S/C8H12Cl3NO2/c1-5-3-12(4-6(2)14-5)7(13)8(9,10)11/h5-6H,3-4H2,1-2H3/t5-,6-/m1/s1. The summed E-state index contributed by atoms with van der Waals surface area (Å²) in [7, 11) is 0. The number of nitrogens with zero attached hydrogens (tertiary/aromatic N) is 1. The van der Waals surface area contributed by atoms with Crippen LogP contribution in [0.5, 0.6) is 0 Å². The van der Waals surface area contributed by atoms with E-state index in [0.717, 1.165) is 0 Å². The number of rotatable bonds is 0. The second-order valence-electron chi connectivity index (χ2n) is 3.47. The van der Waals surface area contributed by atoms with Crippen molar-refractivity contribution in [2.24, 2.45) is 0 Å². The summed E-state index contributed by atoms with van der Waals surface area (Å²) in [4.78, 5) is 13.1. The second-order valence-corrected chi connectivity index (χ2v) is 5.75. The fourth-order valence-corrected chi connectivity index (χ4v) is 1.88. The third kappa shape index (κ3) is 3.16. The third-order valence-electron chi connectivity index (χ3n) is 1.95. The Kier molecular flexibility index (Phi) is 3.92. The Morgan fingerprint density at radius 2 is 1.71 bits per heavy atom. The van der Waals surface area contributed by atoms with E-state index in [4.69, 9.17) is 39.5 Å². The summed E-state index contributed by atoms with van der Waals surface area (Å²) >= 11 is 16.5. The Labute approximate surface area is 98.2 Å². The van der Waals surface area contributed by atoms with Gasteiger partial charge in [0.1, 0.15) is 0 Å². The molecule has 6 heteroatoms. The largest absolute Gasteiger partial charge is 0.372 e. The van der Waals surface area contributed by atoms with Gasteiger partial charge in [0.2, 0.25) is 0 Å². The number of halogens is 3. The molecule has 0 saturated carbocycles. The zero-order chi connectivity index (χ0) is 10.9. The highest BCUT2D eigenvalue weighted by Gasteiger charge is 2.38. The SMILES string of the molecule is C[C@@H]1CN(C(=O)C(Cl)(Cl)Cl)C[C@@H](C)O1. The van der Waals surface area contributed by atoms with Crippen LogP contribution in [-0.2, 0) is 9.53 Å². The molecule has 1 rings (SSSR count). The summed E-state index contributed by atoms with van der Waals surface area (Å²) in [5.74, 6) is -0.482. The van der Waals surface area contributed by atoms with Gasteiger partial charge in [-0.3, -0.25) is 4.79 Å². The lowest BCUT2D eigenvalue weighted by molar-refractivity contribution is -0.142. The predicted octanol–water partition coefficient (Wildman–Crippen LogP) is 1.99. The van der Waals surface area contributed by atoms with Crippen molar-refractivity contribution in [2.45, 2.75) is 29.8 Å². The van der Waals surface area contributed by atoms with E-state index in [1.807, 2.05) is 13.8 Å². The molecule has 0 radical (unpaired) electrons. The van der Waals surface area contributed by atoms with E-state index in [0.29, 0.717) is 13.1 Å². The molecule has 14 heavy (non-hydrogen) atoms. The molecule has 1 heterocycles. The molecule has 0 N–H and O–H groups in total. The molecule has 0 aliphatic carbocycles. The molecule has 0 aromatic carbocycles. The highest BCUT2D eigenvalue weighted by atomic mass is 35.6. The van der Waals surface area contributed by atoms with Crippen molar-refractivity contribution in [2.75, 3.05) is 13.1 Å². The summed E-state index contributed by atoms with van der Waals surface area (Å²) < 4.78 is 3.59. The van der Waals surface area contributed by atoms with Crippen molar-refractivity contribution >= 4 is 40.7 Å². The average Bonchev–Trinajstić information content (AvgIpc) is 1.99. The first-order valence-electron chi connectivity index (χ1n) is 4.32. The van der Waals surface area contributed by atoms with Gasteiger partial charge in [-0.1, -0.05) is 34.8 Å². The summed E-state index contributed by atoms with van der Waals surface area (Å²) in [5.41, 5.74) is 0.